The zero-order valence-electron chi connectivity index (χ0n) is 41.3. The summed E-state index contributed by atoms with van der Waals surface area (Å²) in [5, 5.41) is 11.3. The van der Waals surface area contributed by atoms with Gasteiger partial charge in [-0.05, 0) is 85.1 Å². The number of rotatable bonds is 15. The van der Waals surface area contributed by atoms with Gasteiger partial charge in [-0.3, -0.25) is 0 Å². The SMILES string of the molecule is CCOC(=O)[C@H]1Cc2cc(ccc2OCc2ccnc(-c3cccc(OC[C@H]4O[C@H](OC)[C@@H](OC)[C@@H](OC)[C@@H]4OC)c3)n2)OC[C@@H](CO)Oc2ccc(c(C)c2Cl)-c2c(-c3ccc(F)cc3)sc3ncnc(c23)O1. The van der Waals surface area contributed by atoms with E-state index in [0.717, 1.165) is 4.88 Å². The average Bonchev–Trinajstić information content (AvgIpc) is 3.81. The fourth-order valence-corrected chi connectivity index (χ4v) is 10.3. The molecule has 0 spiro atoms. The molecule has 17 nitrogen and oxygen atoms in total. The van der Waals surface area contributed by atoms with E-state index in [1.54, 1.807) is 76.9 Å². The summed E-state index contributed by atoms with van der Waals surface area (Å²) in [6.45, 7) is 3.28. The van der Waals surface area contributed by atoms with Crippen LogP contribution in [0.25, 0.3) is 43.2 Å². The standard InChI is InChI=1S/C54H54ClFN4O13S/c1-7-67-53(62)41-23-32-22-36(68-26-37(24-61)71-40-18-16-38(29(2)45(40)55)43-44-51(72-41)58-28-59-52(44)74-49(43)30-11-13-33(56)14-12-30)15-17-39(32)70-25-34-19-20-57-50(60-34)31-9-8-10-35(21-31)69-27-42-46(63-3)47(64-4)48(65-5)54(66-6)73-42/h8-22,28,37,41-42,46-48,54,61H,7,23-27H2,1-6H3/t37-,41-,42-,46-,47+,48+,54+/m1/s1. The number of fused-ring (bicyclic) bond motifs is 7. The topological polar surface area (TPSA) is 190 Å². The quantitative estimate of drug-likeness (QED) is 0.0959. The molecule has 0 saturated carbocycles. The number of esters is 1. The monoisotopic (exact) mass is 1050 g/mol. The third-order valence-electron chi connectivity index (χ3n) is 12.6. The lowest BCUT2D eigenvalue weighted by Gasteiger charge is -2.44. The lowest BCUT2D eigenvalue weighted by atomic mass is 9.96. The number of halogens is 2. The highest BCUT2D eigenvalue weighted by atomic mass is 35.5. The number of aliphatic hydroxyl groups is 1. The van der Waals surface area contributed by atoms with Crippen molar-refractivity contribution in [3.05, 3.63) is 125 Å². The van der Waals surface area contributed by atoms with E-state index in [-0.39, 0.29) is 38.7 Å². The molecule has 7 aromatic rings. The van der Waals surface area contributed by atoms with Crippen molar-refractivity contribution in [3.8, 4) is 61.8 Å². The van der Waals surface area contributed by atoms with E-state index in [9.17, 15) is 14.3 Å². The highest BCUT2D eigenvalue weighted by Gasteiger charge is 2.47. The van der Waals surface area contributed by atoms with Crippen LogP contribution in [0.3, 0.4) is 0 Å². The Kier molecular flexibility index (Phi) is 16.8. The Morgan fingerprint density at radius 1 is 0.878 bits per heavy atom. The highest BCUT2D eigenvalue weighted by molar-refractivity contribution is 7.22. The molecular weight excluding hydrogens is 999 g/mol. The first kappa shape index (κ1) is 52.3. The Morgan fingerprint density at radius 3 is 2.45 bits per heavy atom. The van der Waals surface area contributed by atoms with E-state index in [4.69, 9.17) is 68.7 Å². The van der Waals surface area contributed by atoms with E-state index in [2.05, 4.69) is 15.0 Å². The first-order valence-corrected chi connectivity index (χ1v) is 24.9. The Hall–Kier alpha value is -6.55. The van der Waals surface area contributed by atoms with Crippen LogP contribution in [-0.4, -0.2) is 129 Å². The maximum Gasteiger partial charge on any atom is 0.347 e. The maximum absolute atomic E-state index is 14.3. The summed E-state index contributed by atoms with van der Waals surface area (Å²) in [5.41, 5.74) is 4.44. The zero-order valence-corrected chi connectivity index (χ0v) is 42.9. The molecule has 1 saturated heterocycles. The summed E-state index contributed by atoms with van der Waals surface area (Å²) in [6.07, 6.45) is -1.90. The van der Waals surface area contributed by atoms with Crippen molar-refractivity contribution < 1.29 is 66.4 Å². The molecule has 0 amide bonds. The van der Waals surface area contributed by atoms with Gasteiger partial charge in [-0.2, -0.15) is 0 Å². The number of thiophene rings is 1. The smallest absolute Gasteiger partial charge is 0.347 e. The number of aromatic nitrogens is 4. The fourth-order valence-electron chi connectivity index (χ4n) is 8.94. The van der Waals surface area contributed by atoms with Crippen LogP contribution in [0.15, 0.2) is 97.5 Å². The molecule has 1 N–H and O–H groups in total. The van der Waals surface area contributed by atoms with Gasteiger partial charge in [0.1, 0.15) is 84.2 Å². The second-order valence-corrected chi connectivity index (χ2v) is 18.5. The Labute approximate surface area is 435 Å². The molecule has 20 heteroatoms. The fraction of sp³-hybridized carbons (Fsp3) is 0.352. The Morgan fingerprint density at radius 2 is 1.69 bits per heavy atom. The lowest BCUT2D eigenvalue weighted by Crippen LogP contribution is -2.61. The molecular formula is C54H54ClFN4O13S. The molecule has 4 bridgehead atoms. The van der Waals surface area contributed by atoms with E-state index in [1.807, 2.05) is 37.3 Å². The third kappa shape index (κ3) is 11.3. The molecule has 3 aliphatic heterocycles. The van der Waals surface area contributed by atoms with Gasteiger partial charge in [-0.25, -0.2) is 29.1 Å². The third-order valence-corrected chi connectivity index (χ3v) is 14.2. The largest absolute Gasteiger partial charge is 0.491 e. The number of methoxy groups -OCH3 is 4. The molecule has 74 heavy (non-hydrogen) atoms. The number of hydrogen-bond acceptors (Lipinski definition) is 18. The molecule has 3 aliphatic rings. The second kappa shape index (κ2) is 23.8. The molecule has 1 fully saturated rings. The highest BCUT2D eigenvalue weighted by Crippen LogP contribution is 2.50. The van der Waals surface area contributed by atoms with Gasteiger partial charge in [-0.1, -0.05) is 41.9 Å². The van der Waals surface area contributed by atoms with E-state index in [1.165, 1.54) is 36.9 Å². The number of carbonyl (C=O) groups is 1. The molecule has 7 atom stereocenters. The van der Waals surface area contributed by atoms with Crippen LogP contribution in [0.2, 0.25) is 5.02 Å². The van der Waals surface area contributed by atoms with Gasteiger partial charge >= 0.3 is 5.97 Å². The summed E-state index contributed by atoms with van der Waals surface area (Å²) in [6, 6.07) is 23.9. The van der Waals surface area contributed by atoms with Gasteiger partial charge in [0, 0.05) is 62.6 Å². The lowest BCUT2D eigenvalue weighted by molar-refractivity contribution is -0.305. The molecule has 0 radical (unpaired) electrons. The minimum Gasteiger partial charge on any atom is -0.491 e. The van der Waals surface area contributed by atoms with Crippen LogP contribution in [0.5, 0.6) is 28.9 Å². The summed E-state index contributed by atoms with van der Waals surface area (Å²) < 4.78 is 80.7. The summed E-state index contributed by atoms with van der Waals surface area (Å²) >= 11 is 8.41. The molecule has 3 aromatic heterocycles. The van der Waals surface area contributed by atoms with Gasteiger partial charge in [0.25, 0.3) is 0 Å². The molecule has 0 unspecified atom stereocenters. The van der Waals surface area contributed by atoms with Gasteiger partial charge in [0.05, 0.1) is 29.3 Å². The first-order valence-electron chi connectivity index (χ1n) is 23.7. The van der Waals surface area contributed by atoms with Crippen molar-refractivity contribution in [2.75, 3.05) is 54.9 Å². The normalized spacial score (nSPS) is 20.7. The first-order chi connectivity index (χ1) is 36.0. The van der Waals surface area contributed by atoms with Crippen molar-refractivity contribution in [2.45, 2.75) is 69.8 Å². The van der Waals surface area contributed by atoms with Gasteiger partial charge in [-0.15, -0.1) is 11.3 Å². The van der Waals surface area contributed by atoms with Crippen molar-refractivity contribution in [3.63, 3.8) is 0 Å². The average molecular weight is 1050 g/mol. The van der Waals surface area contributed by atoms with Crippen molar-refractivity contribution in [1.29, 1.82) is 0 Å². The van der Waals surface area contributed by atoms with Crippen LogP contribution < -0.4 is 23.7 Å². The molecule has 0 aliphatic carbocycles. The van der Waals surface area contributed by atoms with Crippen LogP contribution in [0, 0.1) is 12.7 Å². The van der Waals surface area contributed by atoms with Crippen LogP contribution in [0.1, 0.15) is 23.7 Å². The van der Waals surface area contributed by atoms with Crippen LogP contribution >= 0.6 is 22.9 Å². The Bertz CT molecular complexity index is 3080. The van der Waals surface area contributed by atoms with Gasteiger partial charge in [0.15, 0.2) is 18.2 Å². The van der Waals surface area contributed by atoms with Crippen molar-refractivity contribution in [2.24, 2.45) is 0 Å². The number of aliphatic hydroxyl groups excluding tert-OH is 1. The van der Waals surface area contributed by atoms with Gasteiger partial charge < -0.3 is 57.2 Å². The number of carbonyl (C=O) groups excluding carboxylic acids is 1. The van der Waals surface area contributed by atoms with E-state index < -0.39 is 61.3 Å². The number of ether oxygens (including phenoxy) is 11. The number of nitrogens with zero attached hydrogens (tertiary/aromatic N) is 4. The second-order valence-electron chi connectivity index (χ2n) is 17.2. The van der Waals surface area contributed by atoms with Crippen molar-refractivity contribution >= 4 is 39.1 Å². The summed E-state index contributed by atoms with van der Waals surface area (Å²) in [5.74, 6) is 1.12. The predicted molar refractivity (Wildman–Crippen MR) is 272 cm³/mol. The van der Waals surface area contributed by atoms with Crippen LogP contribution in [0.4, 0.5) is 4.39 Å². The predicted octanol–water partition coefficient (Wildman–Crippen LogP) is 8.64. The Balaban J connectivity index is 1.02. The molecule has 388 valence electrons. The van der Waals surface area contributed by atoms with E-state index in [0.29, 0.717) is 83.1 Å². The molecule has 10 rings (SSSR count). The molecule has 4 aromatic carbocycles. The number of benzene rings is 4. The number of hydrogen-bond donors (Lipinski definition) is 1. The molecule has 6 heterocycles. The zero-order chi connectivity index (χ0) is 51.9. The maximum atomic E-state index is 14.3. The summed E-state index contributed by atoms with van der Waals surface area (Å²) in [7, 11) is 6.26. The van der Waals surface area contributed by atoms with Crippen molar-refractivity contribution in [1.82, 2.24) is 19.9 Å². The minimum absolute atomic E-state index is 0.000209. The van der Waals surface area contributed by atoms with Gasteiger partial charge in [0.2, 0.25) is 12.0 Å². The summed E-state index contributed by atoms with van der Waals surface area (Å²) in [4.78, 5) is 33.9. The van der Waals surface area contributed by atoms with Crippen LogP contribution in [-0.2, 0) is 46.2 Å². The minimum atomic E-state index is -1.26. The van der Waals surface area contributed by atoms with E-state index >= 15 is 0 Å².